The average Bonchev–Trinajstić information content (AvgIpc) is 2.97. The topological polar surface area (TPSA) is 59.9 Å². The number of carbonyl (C=O) groups is 1. The molecule has 2 aromatic rings. The number of hydrogen-bond acceptors (Lipinski definition) is 5. The number of amides is 1. The molecule has 26 heavy (non-hydrogen) atoms. The van der Waals surface area contributed by atoms with Gasteiger partial charge < -0.3 is 14.8 Å². The summed E-state index contributed by atoms with van der Waals surface area (Å²) in [5.41, 5.74) is 3.96. The summed E-state index contributed by atoms with van der Waals surface area (Å²) in [7, 11) is 0. The molecule has 2 aromatic carbocycles. The standard InChI is InChI=1S/C20H18N2O3S/c1-12-3-4-13(2)15(9-12)21-20-22-19(23)18(26-20)11-14-5-6-16-17(10-14)25-8-7-24-16/h3-6,9-11H,7-8H2,1-2H3,(H,21,22,23)/b18-11+. The maximum atomic E-state index is 12.3. The Morgan fingerprint density at radius 2 is 1.88 bits per heavy atom. The van der Waals surface area contributed by atoms with Gasteiger partial charge in [0.25, 0.3) is 5.91 Å². The highest BCUT2D eigenvalue weighted by Gasteiger charge is 2.24. The van der Waals surface area contributed by atoms with Crippen LogP contribution in [-0.4, -0.2) is 24.3 Å². The van der Waals surface area contributed by atoms with Crippen molar-refractivity contribution in [2.24, 2.45) is 4.99 Å². The van der Waals surface area contributed by atoms with Crippen LogP contribution in [0.25, 0.3) is 6.08 Å². The lowest BCUT2D eigenvalue weighted by atomic mass is 10.1. The van der Waals surface area contributed by atoms with Crippen molar-refractivity contribution in [1.29, 1.82) is 0 Å². The van der Waals surface area contributed by atoms with Gasteiger partial charge in [-0.1, -0.05) is 18.2 Å². The molecule has 1 fully saturated rings. The first-order valence-electron chi connectivity index (χ1n) is 8.35. The van der Waals surface area contributed by atoms with E-state index in [1.807, 2.05) is 56.3 Å². The molecule has 0 saturated carbocycles. The lowest BCUT2D eigenvalue weighted by Crippen LogP contribution is -2.19. The Morgan fingerprint density at radius 3 is 2.73 bits per heavy atom. The van der Waals surface area contributed by atoms with Crippen LogP contribution in [0.3, 0.4) is 0 Å². The Hall–Kier alpha value is -2.73. The molecule has 6 heteroatoms. The number of nitrogens with one attached hydrogen (secondary N) is 1. The average molecular weight is 366 g/mol. The van der Waals surface area contributed by atoms with Crippen LogP contribution in [0.5, 0.6) is 11.5 Å². The Bertz CT molecular complexity index is 950. The first kappa shape index (κ1) is 16.7. The minimum atomic E-state index is -0.144. The number of rotatable bonds is 2. The van der Waals surface area contributed by atoms with Crippen LogP contribution >= 0.6 is 11.8 Å². The summed E-state index contributed by atoms with van der Waals surface area (Å²) in [6.45, 7) is 5.13. The van der Waals surface area contributed by atoms with Gasteiger partial charge >= 0.3 is 0 Å². The molecule has 1 amide bonds. The Balaban J connectivity index is 1.59. The molecule has 0 aliphatic carbocycles. The van der Waals surface area contributed by atoms with Crippen molar-refractivity contribution in [3.8, 4) is 11.5 Å². The van der Waals surface area contributed by atoms with Gasteiger partial charge in [-0.2, -0.15) is 0 Å². The quantitative estimate of drug-likeness (QED) is 0.817. The van der Waals surface area contributed by atoms with Gasteiger partial charge in [0.15, 0.2) is 16.7 Å². The van der Waals surface area contributed by atoms with Crippen molar-refractivity contribution in [2.45, 2.75) is 13.8 Å². The molecular weight excluding hydrogens is 348 g/mol. The van der Waals surface area contributed by atoms with Crippen molar-refractivity contribution in [1.82, 2.24) is 5.32 Å². The highest BCUT2D eigenvalue weighted by molar-refractivity contribution is 8.18. The molecule has 132 valence electrons. The van der Waals surface area contributed by atoms with Gasteiger partial charge in [0, 0.05) is 0 Å². The minimum absolute atomic E-state index is 0.144. The predicted molar refractivity (Wildman–Crippen MR) is 104 cm³/mol. The zero-order valence-electron chi connectivity index (χ0n) is 14.5. The molecule has 2 aliphatic rings. The van der Waals surface area contributed by atoms with Crippen molar-refractivity contribution in [3.63, 3.8) is 0 Å². The maximum Gasteiger partial charge on any atom is 0.264 e. The zero-order valence-corrected chi connectivity index (χ0v) is 15.4. The summed E-state index contributed by atoms with van der Waals surface area (Å²) in [4.78, 5) is 17.5. The number of carbonyl (C=O) groups excluding carboxylic acids is 1. The number of thioether (sulfide) groups is 1. The molecule has 0 unspecified atom stereocenters. The Kier molecular flexibility index (Phi) is 4.42. The summed E-state index contributed by atoms with van der Waals surface area (Å²) < 4.78 is 11.1. The second-order valence-corrected chi connectivity index (χ2v) is 7.21. The van der Waals surface area contributed by atoms with Gasteiger partial charge in [-0.3, -0.25) is 4.79 Å². The van der Waals surface area contributed by atoms with Gasteiger partial charge in [-0.25, -0.2) is 4.99 Å². The van der Waals surface area contributed by atoms with Crippen LogP contribution in [0.15, 0.2) is 46.3 Å². The third kappa shape index (κ3) is 3.46. The molecule has 0 aromatic heterocycles. The van der Waals surface area contributed by atoms with E-state index in [0.717, 1.165) is 28.1 Å². The molecule has 1 N–H and O–H groups in total. The van der Waals surface area contributed by atoms with Gasteiger partial charge in [0.2, 0.25) is 0 Å². The van der Waals surface area contributed by atoms with E-state index in [1.54, 1.807) is 0 Å². The number of ether oxygens (including phenoxy) is 2. The van der Waals surface area contributed by atoms with E-state index < -0.39 is 0 Å². The normalized spacial score (nSPS) is 19.1. The predicted octanol–water partition coefficient (Wildman–Crippen LogP) is 3.97. The number of nitrogens with zero attached hydrogens (tertiary/aromatic N) is 1. The van der Waals surface area contributed by atoms with Crippen LogP contribution in [-0.2, 0) is 4.79 Å². The van der Waals surface area contributed by atoms with E-state index in [-0.39, 0.29) is 5.91 Å². The number of aliphatic imine (C=N–C) groups is 1. The van der Waals surface area contributed by atoms with Gasteiger partial charge in [-0.05, 0) is 66.6 Å². The number of fused-ring (bicyclic) bond motifs is 1. The highest BCUT2D eigenvalue weighted by Crippen LogP contribution is 2.34. The monoisotopic (exact) mass is 366 g/mol. The summed E-state index contributed by atoms with van der Waals surface area (Å²) in [6.07, 6.45) is 1.84. The minimum Gasteiger partial charge on any atom is -0.486 e. The fourth-order valence-electron chi connectivity index (χ4n) is 2.73. The van der Waals surface area contributed by atoms with E-state index in [9.17, 15) is 4.79 Å². The molecule has 0 bridgehead atoms. The van der Waals surface area contributed by atoms with Crippen molar-refractivity contribution >= 4 is 34.6 Å². The number of amidine groups is 1. The molecule has 2 aliphatic heterocycles. The van der Waals surface area contributed by atoms with Crippen LogP contribution in [0.1, 0.15) is 16.7 Å². The molecule has 2 heterocycles. The third-order valence-electron chi connectivity index (χ3n) is 4.10. The molecule has 0 radical (unpaired) electrons. The third-order valence-corrected chi connectivity index (χ3v) is 5.01. The second-order valence-electron chi connectivity index (χ2n) is 6.17. The zero-order chi connectivity index (χ0) is 18.1. The van der Waals surface area contributed by atoms with E-state index >= 15 is 0 Å². The second kappa shape index (κ2) is 6.88. The van der Waals surface area contributed by atoms with Crippen LogP contribution in [0, 0.1) is 13.8 Å². The summed E-state index contributed by atoms with van der Waals surface area (Å²) in [5.74, 6) is 1.30. The maximum absolute atomic E-state index is 12.3. The van der Waals surface area contributed by atoms with Crippen molar-refractivity contribution in [3.05, 3.63) is 58.0 Å². The van der Waals surface area contributed by atoms with Crippen LogP contribution in [0.4, 0.5) is 5.69 Å². The molecule has 1 saturated heterocycles. The summed E-state index contributed by atoms with van der Waals surface area (Å²) >= 11 is 1.34. The van der Waals surface area contributed by atoms with E-state index in [2.05, 4.69) is 10.3 Å². The van der Waals surface area contributed by atoms with Crippen molar-refractivity contribution < 1.29 is 14.3 Å². The SMILES string of the molecule is Cc1ccc(C)c(N=C2NC(=O)/C(=C\c3ccc4c(c3)OCCO4)S2)c1. The van der Waals surface area contributed by atoms with E-state index in [4.69, 9.17) is 9.47 Å². The molecular formula is C20H18N2O3S. The fourth-order valence-corrected chi connectivity index (χ4v) is 3.57. The lowest BCUT2D eigenvalue weighted by Gasteiger charge is -2.18. The first-order valence-corrected chi connectivity index (χ1v) is 9.17. The number of hydrogen-bond donors (Lipinski definition) is 1. The van der Waals surface area contributed by atoms with E-state index in [0.29, 0.717) is 29.0 Å². The van der Waals surface area contributed by atoms with E-state index in [1.165, 1.54) is 11.8 Å². The smallest absolute Gasteiger partial charge is 0.264 e. The lowest BCUT2D eigenvalue weighted by molar-refractivity contribution is -0.115. The molecule has 0 atom stereocenters. The highest BCUT2D eigenvalue weighted by atomic mass is 32.2. The van der Waals surface area contributed by atoms with Crippen LogP contribution < -0.4 is 14.8 Å². The number of aryl methyl sites for hydroxylation is 2. The largest absolute Gasteiger partial charge is 0.486 e. The number of benzene rings is 2. The fraction of sp³-hybridized carbons (Fsp3) is 0.200. The molecule has 5 nitrogen and oxygen atoms in total. The van der Waals surface area contributed by atoms with Gasteiger partial charge in [0.1, 0.15) is 13.2 Å². The van der Waals surface area contributed by atoms with Crippen LogP contribution in [0.2, 0.25) is 0 Å². The van der Waals surface area contributed by atoms with Gasteiger partial charge in [-0.15, -0.1) is 0 Å². The van der Waals surface area contributed by atoms with Crippen molar-refractivity contribution in [2.75, 3.05) is 13.2 Å². The van der Waals surface area contributed by atoms with Gasteiger partial charge in [0.05, 0.1) is 10.6 Å². The summed E-state index contributed by atoms with van der Waals surface area (Å²) in [6, 6.07) is 11.7. The molecule has 4 rings (SSSR count). The summed E-state index contributed by atoms with van der Waals surface area (Å²) in [5, 5.41) is 3.42. The Labute approximate surface area is 156 Å². The first-order chi connectivity index (χ1) is 12.6. The Morgan fingerprint density at radius 1 is 1.08 bits per heavy atom. The molecule has 0 spiro atoms.